The number of anilines is 1. The first-order valence-corrected chi connectivity index (χ1v) is 9.39. The maximum atomic E-state index is 6.30. The molecule has 0 atom stereocenters. The molecule has 0 heterocycles. The van der Waals surface area contributed by atoms with Crippen LogP contribution >= 0.6 is 46.4 Å². The molecule has 27 heavy (non-hydrogen) atoms. The zero-order valence-corrected chi connectivity index (χ0v) is 17.2. The number of aliphatic imine (C=N–C) groups is 1. The second-order valence-electron chi connectivity index (χ2n) is 5.48. The van der Waals surface area contributed by atoms with Gasteiger partial charge in [0.05, 0.1) is 32.9 Å². The van der Waals surface area contributed by atoms with Crippen LogP contribution < -0.4 is 10.1 Å². The van der Waals surface area contributed by atoms with Gasteiger partial charge in [-0.2, -0.15) is 0 Å². The zero-order valence-electron chi connectivity index (χ0n) is 14.1. The number of para-hydroxylation sites is 2. The Morgan fingerprint density at radius 3 is 1.81 bits per heavy atom. The number of hydrogen-bond donors (Lipinski definition) is 1. The van der Waals surface area contributed by atoms with Crippen molar-refractivity contribution in [1.82, 2.24) is 0 Å². The Hall–Kier alpha value is -1.91. The lowest BCUT2D eigenvalue weighted by molar-refractivity contribution is 0.415. The van der Waals surface area contributed by atoms with Gasteiger partial charge in [0.25, 0.3) is 0 Å². The molecule has 3 aromatic carbocycles. The molecule has 3 rings (SSSR count). The Morgan fingerprint density at radius 2 is 1.30 bits per heavy atom. The lowest BCUT2D eigenvalue weighted by atomic mass is 10.2. The molecule has 0 saturated carbocycles. The van der Waals surface area contributed by atoms with Gasteiger partial charge >= 0.3 is 0 Å². The fourth-order valence-corrected chi connectivity index (χ4v) is 3.33. The highest BCUT2D eigenvalue weighted by molar-refractivity contribution is 6.41. The van der Waals surface area contributed by atoms with E-state index >= 15 is 0 Å². The van der Waals surface area contributed by atoms with E-state index in [1.54, 1.807) is 43.5 Å². The molecule has 0 saturated heterocycles. The number of benzene rings is 3. The number of amidine groups is 1. The Labute approximate surface area is 177 Å². The van der Waals surface area contributed by atoms with Crippen molar-refractivity contribution in [2.45, 2.75) is 0 Å². The summed E-state index contributed by atoms with van der Waals surface area (Å²) >= 11 is 25.2. The molecule has 0 spiro atoms. The van der Waals surface area contributed by atoms with Gasteiger partial charge in [0.2, 0.25) is 0 Å². The molecule has 3 nitrogen and oxygen atoms in total. The van der Waals surface area contributed by atoms with E-state index in [-0.39, 0.29) is 0 Å². The van der Waals surface area contributed by atoms with E-state index < -0.39 is 0 Å². The summed E-state index contributed by atoms with van der Waals surface area (Å²) in [6, 6.07) is 17.8. The van der Waals surface area contributed by atoms with Crippen molar-refractivity contribution in [3.63, 3.8) is 0 Å². The van der Waals surface area contributed by atoms with Crippen molar-refractivity contribution in [2.24, 2.45) is 4.99 Å². The van der Waals surface area contributed by atoms with Crippen LogP contribution in [0.2, 0.25) is 20.1 Å². The molecule has 7 heteroatoms. The molecule has 0 aliphatic carbocycles. The summed E-state index contributed by atoms with van der Waals surface area (Å²) in [5.74, 6) is 1.22. The highest BCUT2D eigenvalue weighted by Gasteiger charge is 2.13. The quantitative estimate of drug-likeness (QED) is 0.337. The van der Waals surface area contributed by atoms with Crippen LogP contribution in [-0.4, -0.2) is 12.9 Å². The van der Waals surface area contributed by atoms with Gasteiger partial charge in [0, 0.05) is 5.56 Å². The zero-order chi connectivity index (χ0) is 19.4. The molecule has 0 amide bonds. The number of nitrogens with one attached hydrogen (secondary N) is 1. The Balaban J connectivity index is 2.12. The van der Waals surface area contributed by atoms with Crippen LogP contribution in [0.4, 0.5) is 11.4 Å². The van der Waals surface area contributed by atoms with Gasteiger partial charge in [0.15, 0.2) is 0 Å². The second kappa shape index (κ2) is 8.85. The van der Waals surface area contributed by atoms with Gasteiger partial charge in [-0.3, -0.25) is 0 Å². The molecule has 0 unspecified atom stereocenters. The number of hydrogen-bond acceptors (Lipinski definition) is 2. The minimum Gasteiger partial charge on any atom is -0.497 e. The topological polar surface area (TPSA) is 33.6 Å². The summed E-state index contributed by atoms with van der Waals surface area (Å²) in [4.78, 5) is 4.64. The van der Waals surface area contributed by atoms with Crippen LogP contribution in [-0.2, 0) is 0 Å². The van der Waals surface area contributed by atoms with E-state index in [0.717, 1.165) is 11.3 Å². The molecular formula is C20H14Cl4N2O. The molecule has 0 radical (unpaired) electrons. The average Bonchev–Trinajstić information content (AvgIpc) is 2.66. The molecule has 0 aromatic heterocycles. The molecule has 1 N–H and O–H groups in total. The first kappa shape index (κ1) is 19.8. The number of halogens is 4. The van der Waals surface area contributed by atoms with Crippen LogP contribution in [0.1, 0.15) is 5.56 Å². The van der Waals surface area contributed by atoms with Crippen LogP contribution in [0, 0.1) is 0 Å². The largest absolute Gasteiger partial charge is 0.497 e. The number of methoxy groups -OCH3 is 1. The highest BCUT2D eigenvalue weighted by Crippen LogP contribution is 2.35. The molecule has 3 aromatic rings. The fourth-order valence-electron chi connectivity index (χ4n) is 2.36. The first-order chi connectivity index (χ1) is 13.0. The van der Waals surface area contributed by atoms with E-state index in [0.29, 0.717) is 37.3 Å². The molecular weight excluding hydrogens is 426 g/mol. The molecule has 0 aliphatic rings. The standard InChI is InChI=1S/C20H14Cl4N2O/c1-27-13-10-8-12(9-11-13)20(25-18-14(21)4-2-5-15(18)22)26-19-16(23)6-3-7-17(19)24/h2-11H,1H3,(H,25,26). The van der Waals surface area contributed by atoms with Gasteiger partial charge < -0.3 is 10.1 Å². The Kier molecular flexibility index (Phi) is 6.51. The van der Waals surface area contributed by atoms with Crippen LogP contribution in [0.25, 0.3) is 0 Å². The highest BCUT2D eigenvalue weighted by atomic mass is 35.5. The number of nitrogens with zero attached hydrogens (tertiary/aromatic N) is 1. The van der Waals surface area contributed by atoms with Crippen LogP contribution in [0.3, 0.4) is 0 Å². The maximum Gasteiger partial charge on any atom is 0.138 e. The normalized spacial score (nSPS) is 11.4. The smallest absolute Gasteiger partial charge is 0.138 e. The summed E-state index contributed by atoms with van der Waals surface area (Å²) in [5.41, 5.74) is 1.77. The fraction of sp³-hybridized carbons (Fsp3) is 0.0500. The Morgan fingerprint density at radius 1 is 0.778 bits per heavy atom. The van der Waals surface area contributed by atoms with Crippen molar-refractivity contribution in [1.29, 1.82) is 0 Å². The van der Waals surface area contributed by atoms with Crippen LogP contribution in [0.15, 0.2) is 65.7 Å². The van der Waals surface area contributed by atoms with E-state index in [9.17, 15) is 0 Å². The van der Waals surface area contributed by atoms with Crippen molar-refractivity contribution in [3.8, 4) is 5.75 Å². The molecule has 0 aliphatic heterocycles. The molecule has 138 valence electrons. The SMILES string of the molecule is COc1ccc(C(=Nc2c(Cl)cccc2Cl)Nc2c(Cl)cccc2Cl)cc1. The third-order valence-electron chi connectivity index (χ3n) is 3.73. The molecule has 0 bridgehead atoms. The lowest BCUT2D eigenvalue weighted by Gasteiger charge is -2.14. The minimum absolute atomic E-state index is 0.431. The van der Waals surface area contributed by atoms with Crippen molar-refractivity contribution < 1.29 is 4.74 Å². The van der Waals surface area contributed by atoms with E-state index in [1.807, 2.05) is 24.3 Å². The van der Waals surface area contributed by atoms with Gasteiger partial charge in [0.1, 0.15) is 17.3 Å². The summed E-state index contributed by atoms with van der Waals surface area (Å²) in [7, 11) is 1.61. The number of rotatable bonds is 4. The minimum atomic E-state index is 0.431. The Bertz CT molecular complexity index is 947. The van der Waals surface area contributed by atoms with E-state index in [2.05, 4.69) is 10.3 Å². The second-order valence-corrected chi connectivity index (χ2v) is 7.11. The van der Waals surface area contributed by atoms with Crippen molar-refractivity contribution >= 4 is 63.6 Å². The predicted octanol–water partition coefficient (Wildman–Crippen LogP) is 7.50. The van der Waals surface area contributed by atoms with Crippen molar-refractivity contribution in [3.05, 3.63) is 86.3 Å². The van der Waals surface area contributed by atoms with Gasteiger partial charge in [-0.1, -0.05) is 58.5 Å². The lowest BCUT2D eigenvalue weighted by Crippen LogP contribution is -2.14. The molecule has 0 fully saturated rings. The maximum absolute atomic E-state index is 6.30. The average molecular weight is 440 g/mol. The summed E-state index contributed by atoms with van der Waals surface area (Å²) < 4.78 is 5.22. The van der Waals surface area contributed by atoms with Gasteiger partial charge in [-0.25, -0.2) is 4.99 Å². The summed E-state index contributed by atoms with van der Waals surface area (Å²) in [6.07, 6.45) is 0. The summed E-state index contributed by atoms with van der Waals surface area (Å²) in [6.45, 7) is 0. The monoisotopic (exact) mass is 438 g/mol. The third-order valence-corrected chi connectivity index (χ3v) is 4.97. The number of ether oxygens (including phenoxy) is 1. The van der Waals surface area contributed by atoms with Crippen molar-refractivity contribution in [2.75, 3.05) is 12.4 Å². The van der Waals surface area contributed by atoms with Gasteiger partial charge in [-0.15, -0.1) is 0 Å². The van der Waals surface area contributed by atoms with E-state index in [1.165, 1.54) is 0 Å². The third kappa shape index (κ3) is 4.69. The van der Waals surface area contributed by atoms with E-state index in [4.69, 9.17) is 51.1 Å². The van der Waals surface area contributed by atoms with Crippen LogP contribution in [0.5, 0.6) is 5.75 Å². The summed E-state index contributed by atoms with van der Waals surface area (Å²) in [5, 5.41) is 5.00. The van der Waals surface area contributed by atoms with Gasteiger partial charge in [-0.05, 0) is 48.5 Å². The predicted molar refractivity (Wildman–Crippen MR) is 116 cm³/mol. The first-order valence-electron chi connectivity index (χ1n) is 7.87.